The highest BCUT2D eigenvalue weighted by molar-refractivity contribution is 4.90. The molecule has 3 atom stereocenters. The molecule has 1 heteroatoms. The maximum Gasteiger partial charge on any atom is 0.0611 e. The van der Waals surface area contributed by atoms with Crippen molar-refractivity contribution < 1.29 is 4.74 Å². The van der Waals surface area contributed by atoms with Gasteiger partial charge in [-0.3, -0.25) is 0 Å². The van der Waals surface area contributed by atoms with Crippen LogP contribution < -0.4 is 0 Å². The molecule has 0 saturated carbocycles. The fourth-order valence-electron chi connectivity index (χ4n) is 2.38. The van der Waals surface area contributed by atoms with E-state index in [0.717, 1.165) is 11.8 Å². The summed E-state index contributed by atoms with van der Waals surface area (Å²) < 4.78 is 5.75. The summed E-state index contributed by atoms with van der Waals surface area (Å²) >= 11 is 0. The standard InChI is InChI=1S/C9H16O/c1-6(2)8-5-7-3-4-9(8)10-7/h6-9H,3-5H2,1-2H3/t7-,8+,9+/m0/s1. The van der Waals surface area contributed by atoms with E-state index in [1.165, 1.54) is 19.3 Å². The molecule has 0 aromatic rings. The van der Waals surface area contributed by atoms with Crippen molar-refractivity contribution in [1.82, 2.24) is 0 Å². The van der Waals surface area contributed by atoms with Crippen molar-refractivity contribution in [1.29, 1.82) is 0 Å². The first-order valence-corrected chi connectivity index (χ1v) is 4.43. The largest absolute Gasteiger partial charge is 0.375 e. The van der Waals surface area contributed by atoms with Crippen LogP contribution in [0.25, 0.3) is 0 Å². The van der Waals surface area contributed by atoms with Crippen LogP contribution in [0.1, 0.15) is 33.1 Å². The van der Waals surface area contributed by atoms with Crippen LogP contribution in [0.15, 0.2) is 0 Å². The second-order valence-corrected chi connectivity index (χ2v) is 4.02. The Morgan fingerprint density at radius 3 is 2.40 bits per heavy atom. The van der Waals surface area contributed by atoms with E-state index in [4.69, 9.17) is 4.74 Å². The number of hydrogen-bond donors (Lipinski definition) is 0. The lowest BCUT2D eigenvalue weighted by molar-refractivity contribution is 0.0851. The van der Waals surface area contributed by atoms with Gasteiger partial charge in [-0.1, -0.05) is 13.8 Å². The van der Waals surface area contributed by atoms with Gasteiger partial charge in [-0.15, -0.1) is 0 Å². The number of hydrogen-bond acceptors (Lipinski definition) is 1. The maximum absolute atomic E-state index is 5.75. The topological polar surface area (TPSA) is 9.23 Å². The second-order valence-electron chi connectivity index (χ2n) is 4.02. The zero-order chi connectivity index (χ0) is 7.14. The number of fused-ring (bicyclic) bond motifs is 2. The van der Waals surface area contributed by atoms with E-state index >= 15 is 0 Å². The number of ether oxygens (including phenoxy) is 1. The van der Waals surface area contributed by atoms with E-state index in [9.17, 15) is 0 Å². The summed E-state index contributed by atoms with van der Waals surface area (Å²) in [5.74, 6) is 1.70. The highest BCUT2D eigenvalue weighted by Crippen LogP contribution is 2.41. The molecule has 10 heavy (non-hydrogen) atoms. The van der Waals surface area contributed by atoms with Crippen LogP contribution in [0, 0.1) is 11.8 Å². The quantitative estimate of drug-likeness (QED) is 0.542. The molecule has 0 aliphatic carbocycles. The van der Waals surface area contributed by atoms with Gasteiger partial charge in [0.25, 0.3) is 0 Å². The normalized spacial score (nSPS) is 45.3. The zero-order valence-electron chi connectivity index (χ0n) is 6.84. The van der Waals surface area contributed by atoms with Crippen molar-refractivity contribution in [3.05, 3.63) is 0 Å². The Labute approximate surface area is 62.8 Å². The van der Waals surface area contributed by atoms with Gasteiger partial charge >= 0.3 is 0 Å². The predicted molar refractivity (Wildman–Crippen MR) is 40.8 cm³/mol. The molecule has 58 valence electrons. The Bertz CT molecular complexity index is 131. The van der Waals surface area contributed by atoms with Crippen LogP contribution in [0.3, 0.4) is 0 Å². The fourth-order valence-corrected chi connectivity index (χ4v) is 2.38. The van der Waals surface area contributed by atoms with Crippen molar-refractivity contribution in [2.75, 3.05) is 0 Å². The average molecular weight is 140 g/mol. The summed E-state index contributed by atoms with van der Waals surface area (Å²) in [6.07, 6.45) is 5.26. The minimum atomic E-state index is 0.630. The monoisotopic (exact) mass is 140 g/mol. The van der Waals surface area contributed by atoms with Crippen molar-refractivity contribution in [3.8, 4) is 0 Å². The van der Waals surface area contributed by atoms with E-state index in [-0.39, 0.29) is 0 Å². The molecule has 2 aliphatic rings. The van der Waals surface area contributed by atoms with E-state index in [1.807, 2.05) is 0 Å². The smallest absolute Gasteiger partial charge is 0.0611 e. The summed E-state index contributed by atoms with van der Waals surface area (Å²) in [4.78, 5) is 0. The first-order valence-electron chi connectivity index (χ1n) is 4.43. The third kappa shape index (κ3) is 0.878. The molecule has 2 aliphatic heterocycles. The summed E-state index contributed by atoms with van der Waals surface area (Å²) in [6.45, 7) is 4.63. The molecule has 0 unspecified atom stereocenters. The Morgan fingerprint density at radius 2 is 2.10 bits per heavy atom. The Morgan fingerprint density at radius 1 is 1.30 bits per heavy atom. The lowest BCUT2D eigenvalue weighted by atomic mass is 9.82. The van der Waals surface area contributed by atoms with Gasteiger partial charge in [-0.2, -0.15) is 0 Å². The molecule has 2 rings (SSSR count). The van der Waals surface area contributed by atoms with E-state index in [1.54, 1.807) is 0 Å². The fraction of sp³-hybridized carbons (Fsp3) is 1.00. The zero-order valence-corrected chi connectivity index (χ0v) is 6.84. The van der Waals surface area contributed by atoms with Gasteiger partial charge in [0, 0.05) is 0 Å². The molecule has 2 heterocycles. The van der Waals surface area contributed by atoms with Crippen molar-refractivity contribution in [2.45, 2.75) is 45.3 Å². The molecule has 2 bridgehead atoms. The summed E-state index contributed by atoms with van der Waals surface area (Å²) in [5.41, 5.74) is 0. The van der Waals surface area contributed by atoms with Crippen LogP contribution >= 0.6 is 0 Å². The van der Waals surface area contributed by atoms with Gasteiger partial charge in [0.15, 0.2) is 0 Å². The SMILES string of the molecule is CC(C)[C@H]1C[C@@H]2CC[C@H]1O2. The van der Waals surface area contributed by atoms with Crippen LogP contribution in [0.4, 0.5) is 0 Å². The predicted octanol–water partition coefficient (Wildman–Crippen LogP) is 2.21. The maximum atomic E-state index is 5.75. The lowest BCUT2D eigenvalue weighted by Crippen LogP contribution is -2.21. The van der Waals surface area contributed by atoms with Gasteiger partial charge in [-0.25, -0.2) is 0 Å². The molecule has 0 aromatic carbocycles. The van der Waals surface area contributed by atoms with Crippen molar-refractivity contribution in [3.63, 3.8) is 0 Å². The van der Waals surface area contributed by atoms with Crippen molar-refractivity contribution in [2.24, 2.45) is 11.8 Å². The van der Waals surface area contributed by atoms with E-state index < -0.39 is 0 Å². The second kappa shape index (κ2) is 2.23. The van der Waals surface area contributed by atoms with Crippen molar-refractivity contribution >= 4 is 0 Å². The van der Waals surface area contributed by atoms with Gasteiger partial charge in [-0.05, 0) is 31.1 Å². The van der Waals surface area contributed by atoms with Crippen LogP contribution in [0.2, 0.25) is 0 Å². The molecule has 0 radical (unpaired) electrons. The van der Waals surface area contributed by atoms with Crippen LogP contribution in [-0.2, 0) is 4.74 Å². The highest BCUT2D eigenvalue weighted by Gasteiger charge is 2.41. The number of rotatable bonds is 1. The van der Waals surface area contributed by atoms with Gasteiger partial charge in [0.2, 0.25) is 0 Å². The molecule has 0 N–H and O–H groups in total. The molecule has 0 amide bonds. The molecule has 2 saturated heterocycles. The third-order valence-electron chi connectivity index (χ3n) is 3.01. The summed E-state index contributed by atoms with van der Waals surface area (Å²) in [5, 5.41) is 0. The first kappa shape index (κ1) is 6.66. The van der Waals surface area contributed by atoms with Crippen LogP contribution in [-0.4, -0.2) is 12.2 Å². The van der Waals surface area contributed by atoms with Gasteiger partial charge in [0.05, 0.1) is 12.2 Å². The molecular formula is C9H16O. The average Bonchev–Trinajstić information content (AvgIpc) is 2.44. The molecule has 2 fully saturated rings. The highest BCUT2D eigenvalue weighted by atomic mass is 16.5. The van der Waals surface area contributed by atoms with Gasteiger partial charge < -0.3 is 4.74 Å². The Hall–Kier alpha value is -0.0400. The Balaban J connectivity index is 2.02. The van der Waals surface area contributed by atoms with E-state index in [0.29, 0.717) is 12.2 Å². The molecule has 1 nitrogen and oxygen atoms in total. The summed E-state index contributed by atoms with van der Waals surface area (Å²) in [7, 11) is 0. The minimum Gasteiger partial charge on any atom is -0.375 e. The third-order valence-corrected chi connectivity index (χ3v) is 3.01. The summed E-state index contributed by atoms with van der Waals surface area (Å²) in [6, 6.07) is 0. The minimum absolute atomic E-state index is 0.630. The lowest BCUT2D eigenvalue weighted by Gasteiger charge is -2.21. The Kier molecular flexibility index (Phi) is 1.48. The molecule has 0 aromatic heterocycles. The first-order chi connectivity index (χ1) is 4.77. The van der Waals surface area contributed by atoms with Crippen LogP contribution in [0.5, 0.6) is 0 Å². The molecular weight excluding hydrogens is 124 g/mol. The van der Waals surface area contributed by atoms with Gasteiger partial charge in [0.1, 0.15) is 0 Å². The molecule has 0 spiro atoms. The van der Waals surface area contributed by atoms with E-state index in [2.05, 4.69) is 13.8 Å².